The van der Waals surface area contributed by atoms with Crippen molar-refractivity contribution >= 4 is 29.1 Å². The highest BCUT2D eigenvalue weighted by Gasteiger charge is 2.24. The van der Waals surface area contributed by atoms with Crippen molar-refractivity contribution in [3.8, 4) is 5.75 Å². The SMILES string of the molecule is COc1ccc(C)cc1CCNC(=O)c1ccc(Cl)c(N2CCCC2=O)c1. The van der Waals surface area contributed by atoms with Crippen LogP contribution in [0.2, 0.25) is 5.02 Å². The summed E-state index contributed by atoms with van der Waals surface area (Å²) in [6.07, 6.45) is 2.00. The summed E-state index contributed by atoms with van der Waals surface area (Å²) in [6.45, 7) is 3.15. The van der Waals surface area contributed by atoms with E-state index in [1.54, 1.807) is 30.2 Å². The number of hydrogen-bond acceptors (Lipinski definition) is 3. The summed E-state index contributed by atoms with van der Waals surface area (Å²) in [5.74, 6) is 0.670. The van der Waals surface area contributed by atoms with E-state index in [9.17, 15) is 9.59 Å². The van der Waals surface area contributed by atoms with Gasteiger partial charge in [0.25, 0.3) is 5.91 Å². The van der Waals surface area contributed by atoms with Crippen molar-refractivity contribution in [1.82, 2.24) is 5.32 Å². The highest BCUT2D eigenvalue weighted by atomic mass is 35.5. The van der Waals surface area contributed by atoms with Crippen LogP contribution in [0.25, 0.3) is 0 Å². The van der Waals surface area contributed by atoms with Crippen molar-refractivity contribution in [2.24, 2.45) is 0 Å². The van der Waals surface area contributed by atoms with Gasteiger partial charge in [0.2, 0.25) is 5.91 Å². The maximum absolute atomic E-state index is 12.5. The van der Waals surface area contributed by atoms with E-state index >= 15 is 0 Å². The molecule has 1 aliphatic heterocycles. The fourth-order valence-corrected chi connectivity index (χ4v) is 3.50. The van der Waals surface area contributed by atoms with Gasteiger partial charge >= 0.3 is 0 Å². The van der Waals surface area contributed by atoms with Gasteiger partial charge in [0, 0.05) is 25.1 Å². The lowest BCUT2D eigenvalue weighted by Gasteiger charge is -2.18. The van der Waals surface area contributed by atoms with Crippen molar-refractivity contribution in [3.05, 3.63) is 58.1 Å². The lowest BCUT2D eigenvalue weighted by Crippen LogP contribution is -2.27. The average Bonchev–Trinajstić information content (AvgIpc) is 3.08. The minimum Gasteiger partial charge on any atom is -0.496 e. The molecule has 5 nitrogen and oxygen atoms in total. The van der Waals surface area contributed by atoms with Crippen LogP contribution in [-0.4, -0.2) is 32.0 Å². The summed E-state index contributed by atoms with van der Waals surface area (Å²) in [5, 5.41) is 3.40. The number of nitrogens with one attached hydrogen (secondary N) is 1. The molecule has 1 fully saturated rings. The smallest absolute Gasteiger partial charge is 0.251 e. The van der Waals surface area contributed by atoms with Crippen molar-refractivity contribution in [2.45, 2.75) is 26.2 Å². The third-order valence-electron chi connectivity index (χ3n) is 4.69. The Morgan fingerprint density at radius 3 is 2.78 bits per heavy atom. The normalized spacial score (nSPS) is 13.7. The molecule has 2 aromatic rings. The number of halogens is 1. The number of benzene rings is 2. The number of carbonyl (C=O) groups excluding carboxylic acids is 2. The second kappa shape index (κ2) is 8.44. The molecule has 6 heteroatoms. The van der Waals surface area contributed by atoms with Gasteiger partial charge in [0.05, 0.1) is 17.8 Å². The number of rotatable bonds is 6. The van der Waals surface area contributed by atoms with Gasteiger partial charge in [-0.15, -0.1) is 0 Å². The third kappa shape index (κ3) is 4.42. The van der Waals surface area contributed by atoms with Crippen LogP contribution in [0, 0.1) is 6.92 Å². The van der Waals surface area contributed by atoms with E-state index in [1.807, 2.05) is 19.1 Å². The van der Waals surface area contributed by atoms with E-state index in [4.69, 9.17) is 16.3 Å². The number of carbonyl (C=O) groups is 2. The molecule has 1 heterocycles. The summed E-state index contributed by atoms with van der Waals surface area (Å²) in [5.41, 5.74) is 3.30. The van der Waals surface area contributed by atoms with Crippen LogP contribution in [0.4, 0.5) is 5.69 Å². The molecular weight excluding hydrogens is 364 g/mol. The average molecular weight is 387 g/mol. The summed E-state index contributed by atoms with van der Waals surface area (Å²) in [4.78, 5) is 26.2. The van der Waals surface area contributed by atoms with Gasteiger partial charge in [-0.2, -0.15) is 0 Å². The summed E-state index contributed by atoms with van der Waals surface area (Å²) in [6, 6.07) is 11.0. The summed E-state index contributed by atoms with van der Waals surface area (Å²) in [7, 11) is 1.64. The maximum Gasteiger partial charge on any atom is 0.251 e. The molecular formula is C21H23ClN2O3. The first-order chi connectivity index (χ1) is 13.0. The minimum atomic E-state index is -0.189. The number of ether oxygens (including phenoxy) is 1. The second-order valence-electron chi connectivity index (χ2n) is 6.64. The Hall–Kier alpha value is -2.53. The van der Waals surface area contributed by atoms with Gasteiger partial charge in [-0.05, 0) is 49.6 Å². The van der Waals surface area contributed by atoms with Crippen molar-refractivity contribution < 1.29 is 14.3 Å². The zero-order valence-electron chi connectivity index (χ0n) is 15.5. The summed E-state index contributed by atoms with van der Waals surface area (Å²) >= 11 is 6.24. The standard InChI is InChI=1S/C21H23ClN2O3/c1-14-5-8-19(27-2)15(12-14)9-10-23-21(26)16-6-7-17(22)18(13-16)24-11-3-4-20(24)25/h5-8,12-13H,3-4,9-11H2,1-2H3,(H,23,26). The third-order valence-corrected chi connectivity index (χ3v) is 5.01. The van der Waals surface area contributed by atoms with Gasteiger partial charge in [-0.25, -0.2) is 0 Å². The molecule has 0 radical (unpaired) electrons. The van der Waals surface area contributed by atoms with E-state index in [-0.39, 0.29) is 11.8 Å². The van der Waals surface area contributed by atoms with E-state index in [0.717, 1.165) is 23.3 Å². The molecule has 1 aliphatic rings. The molecule has 142 valence electrons. The van der Waals surface area contributed by atoms with Crippen LogP contribution >= 0.6 is 11.6 Å². The molecule has 2 amide bonds. The fourth-order valence-electron chi connectivity index (χ4n) is 3.28. The van der Waals surface area contributed by atoms with Crippen molar-refractivity contribution in [3.63, 3.8) is 0 Å². The van der Waals surface area contributed by atoms with E-state index in [2.05, 4.69) is 11.4 Å². The van der Waals surface area contributed by atoms with Crippen LogP contribution in [0.5, 0.6) is 5.75 Å². The number of amides is 2. The number of methoxy groups -OCH3 is 1. The number of aryl methyl sites for hydroxylation is 1. The molecule has 27 heavy (non-hydrogen) atoms. The van der Waals surface area contributed by atoms with Gasteiger partial charge in [0.1, 0.15) is 5.75 Å². The fraction of sp³-hybridized carbons (Fsp3) is 0.333. The molecule has 0 unspecified atom stereocenters. The van der Waals surface area contributed by atoms with Gasteiger partial charge < -0.3 is 15.0 Å². The van der Waals surface area contributed by atoms with Crippen molar-refractivity contribution in [1.29, 1.82) is 0 Å². The molecule has 1 saturated heterocycles. The summed E-state index contributed by atoms with van der Waals surface area (Å²) < 4.78 is 5.37. The zero-order valence-corrected chi connectivity index (χ0v) is 16.3. The lowest BCUT2D eigenvalue weighted by molar-refractivity contribution is -0.117. The van der Waals surface area contributed by atoms with Crippen LogP contribution in [-0.2, 0) is 11.2 Å². The molecule has 0 bridgehead atoms. The molecule has 0 atom stereocenters. The largest absolute Gasteiger partial charge is 0.496 e. The van der Waals surface area contributed by atoms with Gasteiger partial charge in [-0.3, -0.25) is 9.59 Å². The highest BCUT2D eigenvalue weighted by Crippen LogP contribution is 2.30. The van der Waals surface area contributed by atoms with Crippen LogP contribution in [0.3, 0.4) is 0 Å². The number of anilines is 1. The Morgan fingerprint density at radius 2 is 2.07 bits per heavy atom. The molecule has 0 spiro atoms. The lowest BCUT2D eigenvalue weighted by atomic mass is 10.1. The van der Waals surface area contributed by atoms with Crippen LogP contribution in [0.1, 0.15) is 34.3 Å². The molecule has 0 saturated carbocycles. The van der Waals surface area contributed by atoms with Crippen LogP contribution < -0.4 is 15.0 Å². The Bertz CT molecular complexity index is 867. The van der Waals surface area contributed by atoms with Gasteiger partial charge in [-0.1, -0.05) is 29.3 Å². The Kier molecular flexibility index (Phi) is 6.01. The Labute approximate surface area is 164 Å². The predicted octanol–water partition coefficient (Wildman–Crippen LogP) is 3.76. The highest BCUT2D eigenvalue weighted by molar-refractivity contribution is 6.34. The number of nitrogens with zero attached hydrogens (tertiary/aromatic N) is 1. The first-order valence-corrected chi connectivity index (χ1v) is 9.39. The molecule has 0 aliphatic carbocycles. The quantitative estimate of drug-likeness (QED) is 0.822. The Balaban J connectivity index is 1.66. The minimum absolute atomic E-state index is 0.0426. The first-order valence-electron chi connectivity index (χ1n) is 9.01. The maximum atomic E-state index is 12.5. The first kappa shape index (κ1) is 19.2. The monoisotopic (exact) mass is 386 g/mol. The topological polar surface area (TPSA) is 58.6 Å². The second-order valence-corrected chi connectivity index (χ2v) is 7.04. The molecule has 0 aromatic heterocycles. The van der Waals surface area contributed by atoms with E-state index in [1.165, 1.54) is 0 Å². The van der Waals surface area contributed by atoms with Gasteiger partial charge in [0.15, 0.2) is 0 Å². The Morgan fingerprint density at radius 1 is 1.26 bits per heavy atom. The van der Waals surface area contributed by atoms with E-state index < -0.39 is 0 Å². The molecule has 1 N–H and O–H groups in total. The van der Waals surface area contributed by atoms with Crippen molar-refractivity contribution in [2.75, 3.05) is 25.1 Å². The molecule has 2 aromatic carbocycles. The zero-order chi connectivity index (χ0) is 19.4. The van der Waals surface area contributed by atoms with E-state index in [0.29, 0.717) is 42.2 Å². The number of hydrogen-bond donors (Lipinski definition) is 1. The predicted molar refractivity (Wildman–Crippen MR) is 107 cm³/mol. The van der Waals surface area contributed by atoms with Crippen LogP contribution in [0.15, 0.2) is 36.4 Å². The molecule has 3 rings (SSSR count).